The molecule has 1 atom stereocenters. The van der Waals surface area contributed by atoms with Crippen LogP contribution >= 0.6 is 12.4 Å². The van der Waals surface area contributed by atoms with Crippen LogP contribution in [0.3, 0.4) is 0 Å². The molecule has 1 aliphatic rings. The van der Waals surface area contributed by atoms with Crippen molar-refractivity contribution in [1.29, 1.82) is 0 Å². The number of carbonyl (C=O) groups is 1. The smallest absolute Gasteiger partial charge is 0.246 e. The van der Waals surface area contributed by atoms with Gasteiger partial charge in [0.1, 0.15) is 6.61 Å². The highest BCUT2D eigenvalue weighted by molar-refractivity contribution is 5.85. The predicted molar refractivity (Wildman–Crippen MR) is 63.7 cm³/mol. The van der Waals surface area contributed by atoms with E-state index in [1.165, 1.54) is 12.8 Å². The van der Waals surface area contributed by atoms with Crippen LogP contribution in [-0.4, -0.2) is 45.4 Å². The molecule has 1 saturated carbocycles. The minimum atomic E-state index is -0.109. The zero-order chi connectivity index (χ0) is 11.1. The fourth-order valence-corrected chi connectivity index (χ4v) is 1.28. The molecule has 0 saturated heterocycles. The van der Waals surface area contributed by atoms with Crippen molar-refractivity contribution in [2.45, 2.75) is 18.9 Å². The van der Waals surface area contributed by atoms with Crippen LogP contribution in [0, 0.1) is 5.92 Å². The molecule has 0 aromatic heterocycles. The van der Waals surface area contributed by atoms with E-state index < -0.39 is 0 Å². The van der Waals surface area contributed by atoms with Crippen molar-refractivity contribution < 1.29 is 14.3 Å². The van der Waals surface area contributed by atoms with Crippen LogP contribution in [0.2, 0.25) is 0 Å². The van der Waals surface area contributed by atoms with E-state index in [2.05, 4.69) is 5.32 Å². The third kappa shape index (κ3) is 7.00. The summed E-state index contributed by atoms with van der Waals surface area (Å²) in [5, 5.41) is 2.75. The molecule has 3 N–H and O–H groups in total. The normalized spacial score (nSPS) is 16.4. The standard InChI is InChI=1S/C10H20N2O3.ClH/c1-14-4-5-15-7-10(13)12-6-9(11)8-2-3-8;/h8-9H,2-7,11H2,1H3,(H,12,13);1H. The summed E-state index contributed by atoms with van der Waals surface area (Å²) in [6.45, 7) is 1.59. The van der Waals surface area contributed by atoms with Gasteiger partial charge in [0.25, 0.3) is 0 Å². The number of hydrogen-bond donors (Lipinski definition) is 2. The van der Waals surface area contributed by atoms with Crippen LogP contribution in [0.5, 0.6) is 0 Å². The predicted octanol–water partition coefficient (Wildman–Crippen LogP) is -0.0753. The second-order valence-electron chi connectivity index (χ2n) is 3.85. The van der Waals surface area contributed by atoms with Gasteiger partial charge >= 0.3 is 0 Å². The van der Waals surface area contributed by atoms with E-state index in [-0.39, 0.29) is 31.0 Å². The lowest BCUT2D eigenvalue weighted by molar-refractivity contribution is -0.126. The van der Waals surface area contributed by atoms with Gasteiger partial charge in [-0.1, -0.05) is 0 Å². The molecular weight excluding hydrogens is 232 g/mol. The molecule has 0 spiro atoms. The van der Waals surface area contributed by atoms with Crippen molar-refractivity contribution in [3.05, 3.63) is 0 Å². The molecule has 6 heteroatoms. The molecule has 0 heterocycles. The molecule has 1 amide bonds. The summed E-state index contributed by atoms with van der Waals surface area (Å²) in [6, 6.07) is 0.105. The monoisotopic (exact) mass is 252 g/mol. The van der Waals surface area contributed by atoms with E-state index in [0.29, 0.717) is 25.7 Å². The van der Waals surface area contributed by atoms with Gasteiger partial charge in [0.15, 0.2) is 0 Å². The van der Waals surface area contributed by atoms with Gasteiger partial charge in [0.05, 0.1) is 13.2 Å². The van der Waals surface area contributed by atoms with Crippen LogP contribution < -0.4 is 11.1 Å². The summed E-state index contributed by atoms with van der Waals surface area (Å²) in [5.41, 5.74) is 5.83. The van der Waals surface area contributed by atoms with Crippen LogP contribution in [0.1, 0.15) is 12.8 Å². The molecule has 0 aromatic rings. The van der Waals surface area contributed by atoms with Crippen LogP contribution in [0.4, 0.5) is 0 Å². The van der Waals surface area contributed by atoms with E-state index in [9.17, 15) is 4.79 Å². The fraction of sp³-hybridized carbons (Fsp3) is 0.900. The van der Waals surface area contributed by atoms with E-state index in [0.717, 1.165) is 0 Å². The van der Waals surface area contributed by atoms with Crippen molar-refractivity contribution in [2.75, 3.05) is 33.5 Å². The number of carbonyl (C=O) groups excluding carboxylic acids is 1. The molecule has 16 heavy (non-hydrogen) atoms. The summed E-state index contributed by atoms with van der Waals surface area (Å²) < 4.78 is 9.85. The molecule has 1 unspecified atom stereocenters. The van der Waals surface area contributed by atoms with Crippen molar-refractivity contribution in [1.82, 2.24) is 5.32 Å². The highest BCUT2D eigenvalue weighted by Crippen LogP contribution is 2.31. The Hall–Kier alpha value is -0.360. The van der Waals surface area contributed by atoms with E-state index in [1.54, 1.807) is 7.11 Å². The van der Waals surface area contributed by atoms with Gasteiger partial charge in [-0.25, -0.2) is 0 Å². The third-order valence-electron chi connectivity index (χ3n) is 2.43. The summed E-state index contributed by atoms with van der Waals surface area (Å²) in [7, 11) is 1.60. The SMILES string of the molecule is COCCOCC(=O)NCC(N)C1CC1.Cl. The second-order valence-corrected chi connectivity index (χ2v) is 3.85. The average molecular weight is 253 g/mol. The highest BCUT2D eigenvalue weighted by atomic mass is 35.5. The molecule has 1 aliphatic carbocycles. The summed E-state index contributed by atoms with van der Waals surface area (Å²) in [4.78, 5) is 11.2. The molecule has 1 rings (SSSR count). The number of nitrogens with one attached hydrogen (secondary N) is 1. The van der Waals surface area contributed by atoms with Crippen molar-refractivity contribution in [2.24, 2.45) is 11.7 Å². The van der Waals surface area contributed by atoms with Crippen molar-refractivity contribution in [3.8, 4) is 0 Å². The minimum absolute atomic E-state index is 0. The summed E-state index contributed by atoms with van der Waals surface area (Å²) in [6.07, 6.45) is 2.39. The Kier molecular flexibility index (Phi) is 8.56. The molecule has 96 valence electrons. The van der Waals surface area contributed by atoms with Crippen LogP contribution in [-0.2, 0) is 14.3 Å². The number of rotatable bonds is 8. The van der Waals surface area contributed by atoms with Gasteiger partial charge in [-0.3, -0.25) is 4.79 Å². The van der Waals surface area contributed by atoms with Gasteiger partial charge < -0.3 is 20.5 Å². The van der Waals surface area contributed by atoms with Gasteiger partial charge in [-0.2, -0.15) is 0 Å². The van der Waals surface area contributed by atoms with Gasteiger partial charge in [0.2, 0.25) is 5.91 Å². The lowest BCUT2D eigenvalue weighted by atomic mass is 10.2. The Morgan fingerprint density at radius 2 is 2.19 bits per heavy atom. The Morgan fingerprint density at radius 1 is 1.50 bits per heavy atom. The number of amides is 1. The quantitative estimate of drug-likeness (QED) is 0.593. The number of nitrogens with two attached hydrogens (primary N) is 1. The van der Waals surface area contributed by atoms with Gasteiger partial charge in [-0.05, 0) is 18.8 Å². The maximum Gasteiger partial charge on any atom is 0.246 e. The van der Waals surface area contributed by atoms with E-state index in [1.807, 2.05) is 0 Å². The van der Waals surface area contributed by atoms with Crippen molar-refractivity contribution in [3.63, 3.8) is 0 Å². The minimum Gasteiger partial charge on any atom is -0.382 e. The van der Waals surface area contributed by atoms with Gasteiger partial charge in [-0.15, -0.1) is 12.4 Å². The molecule has 5 nitrogen and oxygen atoms in total. The second kappa shape index (κ2) is 8.75. The lowest BCUT2D eigenvalue weighted by Crippen LogP contribution is -2.40. The Morgan fingerprint density at radius 3 is 2.75 bits per heavy atom. The van der Waals surface area contributed by atoms with Crippen LogP contribution in [0.25, 0.3) is 0 Å². The molecule has 0 aromatic carbocycles. The highest BCUT2D eigenvalue weighted by Gasteiger charge is 2.28. The topological polar surface area (TPSA) is 73.6 Å². The lowest BCUT2D eigenvalue weighted by Gasteiger charge is -2.11. The first-order valence-corrected chi connectivity index (χ1v) is 5.33. The Bertz CT molecular complexity index is 201. The number of hydrogen-bond acceptors (Lipinski definition) is 4. The number of halogens is 1. The zero-order valence-corrected chi connectivity index (χ0v) is 10.4. The zero-order valence-electron chi connectivity index (χ0n) is 9.61. The summed E-state index contributed by atoms with van der Waals surface area (Å²) >= 11 is 0. The first-order valence-electron chi connectivity index (χ1n) is 5.33. The third-order valence-corrected chi connectivity index (χ3v) is 2.43. The Balaban J connectivity index is 0.00000225. The Labute approximate surface area is 102 Å². The molecule has 0 radical (unpaired) electrons. The van der Waals surface area contributed by atoms with Gasteiger partial charge in [0, 0.05) is 19.7 Å². The number of methoxy groups -OCH3 is 1. The summed E-state index contributed by atoms with van der Waals surface area (Å²) in [5.74, 6) is 0.502. The van der Waals surface area contributed by atoms with Crippen molar-refractivity contribution >= 4 is 18.3 Å². The average Bonchev–Trinajstić information content (AvgIpc) is 3.04. The largest absolute Gasteiger partial charge is 0.382 e. The van der Waals surface area contributed by atoms with E-state index in [4.69, 9.17) is 15.2 Å². The van der Waals surface area contributed by atoms with E-state index >= 15 is 0 Å². The molecule has 1 fully saturated rings. The maximum absolute atomic E-state index is 11.2. The fourth-order valence-electron chi connectivity index (χ4n) is 1.28. The number of ether oxygens (including phenoxy) is 2. The molecule has 0 aliphatic heterocycles. The van der Waals surface area contributed by atoms with Crippen LogP contribution in [0.15, 0.2) is 0 Å². The first kappa shape index (κ1) is 15.6. The molecule has 0 bridgehead atoms. The molecular formula is C10H21ClN2O3. The first-order chi connectivity index (χ1) is 7.24. The maximum atomic E-state index is 11.2.